The van der Waals surface area contributed by atoms with Crippen molar-refractivity contribution >= 4 is 5.91 Å². The lowest BCUT2D eigenvalue weighted by molar-refractivity contribution is -0.141. The molecule has 21 heavy (non-hydrogen) atoms. The highest BCUT2D eigenvalue weighted by Crippen LogP contribution is 2.24. The van der Waals surface area contributed by atoms with Gasteiger partial charge < -0.3 is 9.88 Å². The van der Waals surface area contributed by atoms with Gasteiger partial charge in [0.05, 0.1) is 5.56 Å². The Kier molecular flexibility index (Phi) is 4.64. The molecule has 0 unspecified atom stereocenters. The number of nitrogens with one attached hydrogen (secondary N) is 1. The van der Waals surface area contributed by atoms with Crippen molar-refractivity contribution in [2.24, 2.45) is 0 Å². The molecule has 0 saturated heterocycles. The summed E-state index contributed by atoms with van der Waals surface area (Å²) in [7, 11) is 0. The van der Waals surface area contributed by atoms with Crippen LogP contribution in [0.25, 0.3) is 0 Å². The average Bonchev–Trinajstić information content (AvgIpc) is 2.66. The molecule has 1 aromatic rings. The van der Waals surface area contributed by atoms with Crippen molar-refractivity contribution in [3.63, 3.8) is 0 Å². The van der Waals surface area contributed by atoms with E-state index >= 15 is 0 Å². The quantitative estimate of drug-likeness (QED) is 0.907. The van der Waals surface area contributed by atoms with Crippen molar-refractivity contribution in [1.82, 2.24) is 9.88 Å². The lowest BCUT2D eigenvalue weighted by atomic mass is 9.95. The van der Waals surface area contributed by atoms with Crippen LogP contribution in [-0.4, -0.2) is 22.7 Å². The molecule has 0 aromatic carbocycles. The molecule has 1 fully saturated rings. The maximum atomic E-state index is 12.6. The largest absolute Gasteiger partial charge is 0.406 e. The maximum absolute atomic E-state index is 12.6. The van der Waals surface area contributed by atoms with E-state index in [4.69, 9.17) is 0 Å². The first-order valence-electron chi connectivity index (χ1n) is 7.32. The number of halogens is 3. The summed E-state index contributed by atoms with van der Waals surface area (Å²) in [6.45, 7) is 2.10. The van der Waals surface area contributed by atoms with Gasteiger partial charge in [0.2, 0.25) is 0 Å². The molecule has 1 amide bonds. The second kappa shape index (κ2) is 6.12. The molecule has 1 heterocycles. The van der Waals surface area contributed by atoms with Crippen LogP contribution in [0.15, 0.2) is 6.07 Å². The molecular weight excluding hydrogens is 281 g/mol. The fourth-order valence-corrected chi connectivity index (χ4v) is 2.96. The second-order valence-electron chi connectivity index (χ2n) is 5.79. The van der Waals surface area contributed by atoms with Crippen LogP contribution in [0, 0.1) is 13.8 Å². The SMILES string of the molecule is Cc1cc(C(=O)NC2CCCCC2)c(C)n1CC(F)(F)F. The standard InChI is InChI=1S/C15H21F3N2O/c1-10-8-13(11(2)20(10)9-15(16,17)18)14(21)19-12-6-4-3-5-7-12/h8,12H,3-7,9H2,1-2H3,(H,19,21). The van der Waals surface area contributed by atoms with E-state index in [-0.39, 0.29) is 11.9 Å². The van der Waals surface area contributed by atoms with E-state index in [1.165, 1.54) is 6.42 Å². The number of amides is 1. The van der Waals surface area contributed by atoms with E-state index in [1.54, 1.807) is 19.9 Å². The zero-order valence-electron chi connectivity index (χ0n) is 12.4. The predicted molar refractivity (Wildman–Crippen MR) is 74.3 cm³/mol. The lowest BCUT2D eigenvalue weighted by Gasteiger charge is -2.22. The van der Waals surface area contributed by atoms with Crippen LogP contribution in [-0.2, 0) is 6.54 Å². The van der Waals surface area contributed by atoms with Crippen molar-refractivity contribution < 1.29 is 18.0 Å². The summed E-state index contributed by atoms with van der Waals surface area (Å²) in [5.41, 5.74) is 1.18. The number of hydrogen-bond donors (Lipinski definition) is 1. The Bertz CT molecular complexity index is 514. The summed E-state index contributed by atoms with van der Waals surface area (Å²) < 4.78 is 38.8. The van der Waals surface area contributed by atoms with Crippen molar-refractivity contribution in [2.75, 3.05) is 0 Å². The van der Waals surface area contributed by atoms with E-state index in [2.05, 4.69) is 5.32 Å². The first-order chi connectivity index (χ1) is 9.78. The van der Waals surface area contributed by atoms with Crippen LogP contribution in [0.5, 0.6) is 0 Å². The maximum Gasteiger partial charge on any atom is 0.406 e. The molecule has 3 nitrogen and oxygen atoms in total. The summed E-state index contributed by atoms with van der Waals surface area (Å²) in [5, 5.41) is 2.95. The molecule has 0 aliphatic heterocycles. The minimum absolute atomic E-state index is 0.150. The fraction of sp³-hybridized carbons (Fsp3) is 0.667. The van der Waals surface area contributed by atoms with Crippen molar-refractivity contribution in [3.8, 4) is 0 Å². The topological polar surface area (TPSA) is 34.0 Å². The predicted octanol–water partition coefficient (Wildman–Crippen LogP) is 3.73. The van der Waals surface area contributed by atoms with Crippen LogP contribution in [0.3, 0.4) is 0 Å². The van der Waals surface area contributed by atoms with Crippen LogP contribution in [0.4, 0.5) is 13.2 Å². The minimum Gasteiger partial charge on any atom is -0.349 e. The summed E-state index contributed by atoms with van der Waals surface area (Å²) in [5.74, 6) is -0.261. The van der Waals surface area contributed by atoms with E-state index in [0.717, 1.165) is 30.3 Å². The Morgan fingerprint density at radius 1 is 1.29 bits per heavy atom. The molecule has 118 valence electrons. The minimum atomic E-state index is -4.29. The molecule has 2 rings (SSSR count). The van der Waals surface area contributed by atoms with Gasteiger partial charge >= 0.3 is 6.18 Å². The summed E-state index contributed by atoms with van der Waals surface area (Å²) in [6.07, 6.45) is 0.994. The Labute approximate surface area is 122 Å². The van der Waals surface area contributed by atoms with Gasteiger partial charge in [-0.2, -0.15) is 13.2 Å². The average molecular weight is 302 g/mol. The first kappa shape index (κ1) is 15.9. The van der Waals surface area contributed by atoms with Crippen LogP contribution < -0.4 is 5.32 Å². The van der Waals surface area contributed by atoms with E-state index in [9.17, 15) is 18.0 Å². The summed E-state index contributed by atoms with van der Waals surface area (Å²) in [4.78, 5) is 12.3. The molecule has 0 atom stereocenters. The fourth-order valence-electron chi connectivity index (χ4n) is 2.96. The van der Waals surface area contributed by atoms with Crippen molar-refractivity contribution in [2.45, 2.75) is 64.7 Å². The van der Waals surface area contributed by atoms with Gasteiger partial charge in [-0.15, -0.1) is 0 Å². The van der Waals surface area contributed by atoms with E-state index in [0.29, 0.717) is 17.0 Å². The molecule has 1 aliphatic rings. The number of alkyl halides is 3. The molecule has 1 saturated carbocycles. The number of nitrogens with zero attached hydrogens (tertiary/aromatic N) is 1. The van der Waals surface area contributed by atoms with Crippen molar-refractivity contribution in [1.29, 1.82) is 0 Å². The number of hydrogen-bond acceptors (Lipinski definition) is 1. The summed E-state index contributed by atoms with van der Waals surface area (Å²) >= 11 is 0. The Hall–Kier alpha value is -1.46. The van der Waals surface area contributed by atoms with Gasteiger partial charge in [0.1, 0.15) is 6.54 Å². The third-order valence-electron chi connectivity index (χ3n) is 4.10. The number of carbonyl (C=O) groups excluding carboxylic acids is 1. The van der Waals surface area contributed by atoms with Gasteiger partial charge in [-0.3, -0.25) is 4.79 Å². The monoisotopic (exact) mass is 302 g/mol. The molecule has 1 N–H and O–H groups in total. The first-order valence-corrected chi connectivity index (χ1v) is 7.32. The van der Waals surface area contributed by atoms with Gasteiger partial charge in [0.15, 0.2) is 0 Å². The lowest BCUT2D eigenvalue weighted by Crippen LogP contribution is -2.36. The molecule has 0 spiro atoms. The highest BCUT2D eigenvalue weighted by Gasteiger charge is 2.30. The van der Waals surface area contributed by atoms with E-state index in [1.807, 2.05) is 0 Å². The zero-order valence-corrected chi connectivity index (χ0v) is 12.4. The zero-order chi connectivity index (χ0) is 15.6. The number of carbonyl (C=O) groups is 1. The second-order valence-corrected chi connectivity index (χ2v) is 5.79. The third-order valence-corrected chi connectivity index (χ3v) is 4.10. The van der Waals surface area contributed by atoms with Crippen molar-refractivity contribution in [3.05, 3.63) is 23.0 Å². The van der Waals surface area contributed by atoms with Crippen LogP contribution in [0.1, 0.15) is 53.8 Å². The van der Waals surface area contributed by atoms with Gasteiger partial charge in [0, 0.05) is 17.4 Å². The Balaban J connectivity index is 2.12. The van der Waals surface area contributed by atoms with Gasteiger partial charge in [0.25, 0.3) is 5.91 Å². The highest BCUT2D eigenvalue weighted by molar-refractivity contribution is 5.95. The molecule has 1 aromatic heterocycles. The molecular formula is C15H21F3N2O. The normalized spacial score (nSPS) is 17.0. The van der Waals surface area contributed by atoms with Crippen LogP contribution >= 0.6 is 0 Å². The van der Waals surface area contributed by atoms with E-state index < -0.39 is 12.7 Å². The highest BCUT2D eigenvalue weighted by atomic mass is 19.4. The number of rotatable bonds is 3. The van der Waals surface area contributed by atoms with Gasteiger partial charge in [-0.05, 0) is 32.8 Å². The molecule has 1 aliphatic carbocycles. The summed E-state index contributed by atoms with van der Waals surface area (Å²) in [6, 6.07) is 1.69. The molecule has 0 radical (unpaired) electrons. The third kappa shape index (κ3) is 4.02. The number of aryl methyl sites for hydroxylation is 1. The molecule has 6 heteroatoms. The Morgan fingerprint density at radius 3 is 2.48 bits per heavy atom. The molecule has 0 bridgehead atoms. The van der Waals surface area contributed by atoms with Gasteiger partial charge in [-0.1, -0.05) is 19.3 Å². The Morgan fingerprint density at radius 2 is 1.90 bits per heavy atom. The smallest absolute Gasteiger partial charge is 0.349 e. The van der Waals surface area contributed by atoms with Gasteiger partial charge in [-0.25, -0.2) is 0 Å². The number of aromatic nitrogens is 1. The van der Waals surface area contributed by atoms with Crippen LogP contribution in [0.2, 0.25) is 0 Å².